The standard InChI is InChI=1S/C19H24N2O4/c1-3-8-24-15-6-4-13(5-7-15)19(23)21-11-14-9-16(10-18(22)20-2)25-17(14)12-21/h3-7,14,16-17H,1,8-12H2,2H3,(H,20,22)/t14-,16+,17+/m0/s1. The van der Waals surface area contributed by atoms with Gasteiger partial charge in [-0.1, -0.05) is 12.7 Å². The summed E-state index contributed by atoms with van der Waals surface area (Å²) in [7, 11) is 1.63. The van der Waals surface area contributed by atoms with Crippen molar-refractivity contribution in [3.8, 4) is 5.75 Å². The van der Waals surface area contributed by atoms with E-state index in [1.165, 1.54) is 0 Å². The zero-order valence-corrected chi connectivity index (χ0v) is 14.4. The minimum Gasteiger partial charge on any atom is -0.490 e. The quantitative estimate of drug-likeness (QED) is 0.796. The molecule has 3 rings (SSSR count). The van der Waals surface area contributed by atoms with Gasteiger partial charge in [-0.2, -0.15) is 0 Å². The normalized spacial score (nSPS) is 24.7. The van der Waals surface area contributed by atoms with Gasteiger partial charge in [-0.05, 0) is 30.7 Å². The van der Waals surface area contributed by atoms with Crippen LogP contribution >= 0.6 is 0 Å². The number of hydrogen-bond acceptors (Lipinski definition) is 4. The van der Waals surface area contributed by atoms with E-state index in [1.54, 1.807) is 37.4 Å². The number of hydrogen-bond donors (Lipinski definition) is 1. The van der Waals surface area contributed by atoms with Crippen LogP contribution in [-0.2, 0) is 9.53 Å². The number of rotatable bonds is 6. The first-order valence-electron chi connectivity index (χ1n) is 8.59. The van der Waals surface area contributed by atoms with Crippen LogP contribution in [-0.4, -0.2) is 55.7 Å². The van der Waals surface area contributed by atoms with Gasteiger partial charge in [-0.25, -0.2) is 0 Å². The summed E-state index contributed by atoms with van der Waals surface area (Å²) >= 11 is 0. The molecule has 0 aromatic heterocycles. The van der Waals surface area contributed by atoms with Gasteiger partial charge >= 0.3 is 0 Å². The average molecular weight is 344 g/mol. The summed E-state index contributed by atoms with van der Waals surface area (Å²) in [6.45, 7) is 5.32. The molecule has 3 atom stereocenters. The van der Waals surface area contributed by atoms with Crippen LogP contribution in [0.1, 0.15) is 23.2 Å². The van der Waals surface area contributed by atoms with Crippen LogP contribution in [0.2, 0.25) is 0 Å². The smallest absolute Gasteiger partial charge is 0.253 e. The maximum absolute atomic E-state index is 12.7. The monoisotopic (exact) mass is 344 g/mol. The number of carbonyl (C=O) groups is 2. The van der Waals surface area contributed by atoms with Crippen LogP contribution in [0.15, 0.2) is 36.9 Å². The third-order valence-electron chi connectivity index (χ3n) is 4.76. The van der Waals surface area contributed by atoms with E-state index in [2.05, 4.69) is 11.9 Å². The van der Waals surface area contributed by atoms with E-state index in [0.29, 0.717) is 37.6 Å². The van der Waals surface area contributed by atoms with E-state index in [-0.39, 0.29) is 24.0 Å². The van der Waals surface area contributed by atoms with Gasteiger partial charge < -0.3 is 19.7 Å². The molecule has 2 heterocycles. The summed E-state index contributed by atoms with van der Waals surface area (Å²) < 4.78 is 11.4. The Balaban J connectivity index is 1.54. The van der Waals surface area contributed by atoms with Gasteiger partial charge in [0.1, 0.15) is 12.4 Å². The van der Waals surface area contributed by atoms with Crippen molar-refractivity contribution < 1.29 is 19.1 Å². The van der Waals surface area contributed by atoms with Crippen molar-refractivity contribution in [3.63, 3.8) is 0 Å². The third kappa shape index (κ3) is 4.02. The highest BCUT2D eigenvalue weighted by Gasteiger charge is 2.43. The molecular formula is C19H24N2O4. The highest BCUT2D eigenvalue weighted by Crippen LogP contribution is 2.34. The maximum atomic E-state index is 12.7. The number of amides is 2. The van der Waals surface area contributed by atoms with Crippen molar-refractivity contribution in [3.05, 3.63) is 42.5 Å². The molecule has 25 heavy (non-hydrogen) atoms. The predicted molar refractivity (Wildman–Crippen MR) is 93.5 cm³/mol. The van der Waals surface area contributed by atoms with E-state index in [4.69, 9.17) is 9.47 Å². The first-order valence-corrected chi connectivity index (χ1v) is 8.59. The number of benzene rings is 1. The number of likely N-dealkylation sites (tertiary alicyclic amines) is 1. The van der Waals surface area contributed by atoms with E-state index in [9.17, 15) is 9.59 Å². The highest BCUT2D eigenvalue weighted by molar-refractivity contribution is 5.94. The Bertz CT molecular complexity index is 629. The van der Waals surface area contributed by atoms with Gasteiger partial charge in [-0.3, -0.25) is 9.59 Å². The fourth-order valence-corrected chi connectivity index (χ4v) is 3.50. The molecular weight excluding hydrogens is 320 g/mol. The molecule has 0 spiro atoms. The second kappa shape index (κ2) is 7.70. The maximum Gasteiger partial charge on any atom is 0.253 e. The molecule has 2 aliphatic rings. The molecule has 0 bridgehead atoms. The molecule has 0 aliphatic carbocycles. The Morgan fingerprint density at radius 2 is 2.12 bits per heavy atom. The van der Waals surface area contributed by atoms with Crippen molar-refractivity contribution in [2.45, 2.75) is 25.0 Å². The summed E-state index contributed by atoms with van der Waals surface area (Å²) in [5.74, 6) is 1.04. The molecule has 6 nitrogen and oxygen atoms in total. The molecule has 0 radical (unpaired) electrons. The lowest BCUT2D eigenvalue weighted by molar-refractivity contribution is -0.123. The first kappa shape index (κ1) is 17.5. The summed E-state index contributed by atoms with van der Waals surface area (Å²) in [6.07, 6.45) is 2.90. The Morgan fingerprint density at radius 1 is 1.36 bits per heavy atom. The van der Waals surface area contributed by atoms with Gasteiger partial charge in [0.05, 0.1) is 18.6 Å². The highest BCUT2D eigenvalue weighted by atomic mass is 16.5. The molecule has 2 amide bonds. The summed E-state index contributed by atoms with van der Waals surface area (Å²) in [4.78, 5) is 26.0. The molecule has 0 unspecified atom stereocenters. The van der Waals surface area contributed by atoms with Crippen molar-refractivity contribution in [2.75, 3.05) is 26.7 Å². The fourth-order valence-electron chi connectivity index (χ4n) is 3.50. The summed E-state index contributed by atoms with van der Waals surface area (Å²) in [5.41, 5.74) is 0.646. The van der Waals surface area contributed by atoms with E-state index in [1.807, 2.05) is 4.90 Å². The summed E-state index contributed by atoms with van der Waals surface area (Å²) in [5, 5.41) is 2.62. The number of ether oxygens (including phenoxy) is 2. The third-order valence-corrected chi connectivity index (χ3v) is 4.76. The van der Waals surface area contributed by atoms with Crippen molar-refractivity contribution in [1.82, 2.24) is 10.2 Å². The molecule has 2 fully saturated rings. The largest absolute Gasteiger partial charge is 0.490 e. The Labute approximate surface area is 147 Å². The number of carbonyl (C=O) groups excluding carboxylic acids is 2. The van der Waals surface area contributed by atoms with Gasteiger partial charge in [-0.15, -0.1) is 0 Å². The van der Waals surface area contributed by atoms with Crippen molar-refractivity contribution in [1.29, 1.82) is 0 Å². The minimum absolute atomic E-state index is 0.00308. The number of nitrogens with zero attached hydrogens (tertiary/aromatic N) is 1. The Kier molecular flexibility index (Phi) is 5.38. The topological polar surface area (TPSA) is 67.9 Å². The SMILES string of the molecule is C=CCOc1ccc(C(=O)N2C[C@@H]3C[C@H](CC(=O)NC)O[C@@H]3C2)cc1. The second-order valence-corrected chi connectivity index (χ2v) is 6.50. The second-order valence-electron chi connectivity index (χ2n) is 6.50. The van der Waals surface area contributed by atoms with Crippen LogP contribution in [0.5, 0.6) is 5.75 Å². The summed E-state index contributed by atoms with van der Waals surface area (Å²) in [6, 6.07) is 7.15. The molecule has 0 saturated carbocycles. The van der Waals surface area contributed by atoms with Gasteiger partial charge in [0.15, 0.2) is 0 Å². The van der Waals surface area contributed by atoms with Gasteiger partial charge in [0.2, 0.25) is 5.91 Å². The molecule has 1 aromatic rings. The van der Waals surface area contributed by atoms with E-state index < -0.39 is 0 Å². The van der Waals surface area contributed by atoms with Crippen molar-refractivity contribution in [2.24, 2.45) is 5.92 Å². The van der Waals surface area contributed by atoms with Crippen LogP contribution in [0.3, 0.4) is 0 Å². The van der Waals surface area contributed by atoms with Gasteiger partial charge in [0.25, 0.3) is 5.91 Å². The van der Waals surface area contributed by atoms with Crippen LogP contribution in [0.4, 0.5) is 0 Å². The predicted octanol–water partition coefficient (Wildman–Crippen LogP) is 1.62. The number of fused-ring (bicyclic) bond motifs is 1. The van der Waals surface area contributed by atoms with Gasteiger partial charge in [0, 0.05) is 31.6 Å². The molecule has 134 valence electrons. The zero-order chi connectivity index (χ0) is 17.8. The molecule has 1 aromatic carbocycles. The molecule has 6 heteroatoms. The lowest BCUT2D eigenvalue weighted by atomic mass is 10.0. The fraction of sp³-hybridized carbons (Fsp3) is 0.474. The first-order chi connectivity index (χ1) is 12.1. The van der Waals surface area contributed by atoms with Crippen LogP contribution < -0.4 is 10.1 Å². The Morgan fingerprint density at radius 3 is 2.76 bits per heavy atom. The lowest BCUT2D eigenvalue weighted by Crippen LogP contribution is -2.32. The number of nitrogens with one attached hydrogen (secondary N) is 1. The van der Waals surface area contributed by atoms with E-state index in [0.717, 1.165) is 12.2 Å². The Hall–Kier alpha value is -2.34. The average Bonchev–Trinajstić information content (AvgIpc) is 3.18. The molecule has 2 aliphatic heterocycles. The van der Waals surface area contributed by atoms with Crippen molar-refractivity contribution >= 4 is 11.8 Å². The lowest BCUT2D eigenvalue weighted by Gasteiger charge is -2.19. The van der Waals surface area contributed by atoms with Crippen LogP contribution in [0.25, 0.3) is 0 Å². The molecule has 2 saturated heterocycles. The molecule has 1 N–H and O–H groups in total. The van der Waals surface area contributed by atoms with Crippen LogP contribution in [0, 0.1) is 5.92 Å². The minimum atomic E-state index is -0.0338. The zero-order valence-electron chi connectivity index (χ0n) is 14.4. The van der Waals surface area contributed by atoms with E-state index >= 15 is 0 Å².